The van der Waals surface area contributed by atoms with Crippen molar-refractivity contribution < 1.29 is 8.42 Å². The smallest absolute Gasteiger partial charge is 0.216 e. The van der Waals surface area contributed by atoms with Crippen LogP contribution in [-0.4, -0.2) is 58.8 Å². The highest BCUT2D eigenvalue weighted by Gasteiger charge is 2.41. The fourth-order valence-electron chi connectivity index (χ4n) is 3.34. The maximum atomic E-state index is 12.4. The van der Waals surface area contributed by atoms with Crippen molar-refractivity contribution in [3.63, 3.8) is 0 Å². The van der Waals surface area contributed by atoms with Gasteiger partial charge >= 0.3 is 0 Å². The highest BCUT2D eigenvalue weighted by molar-refractivity contribution is 7.90. The molecule has 0 spiro atoms. The van der Waals surface area contributed by atoms with Gasteiger partial charge in [0.25, 0.3) is 0 Å². The number of hydrogen-bond donors (Lipinski definition) is 0. The summed E-state index contributed by atoms with van der Waals surface area (Å²) in [5.41, 5.74) is 0.991. The molecule has 1 saturated heterocycles. The van der Waals surface area contributed by atoms with Crippen molar-refractivity contribution >= 4 is 21.4 Å². The molecule has 23 heavy (non-hydrogen) atoms. The largest absolute Gasteiger partial charge is 0.355 e. The fraction of sp³-hybridized carbons (Fsp3) is 0.600. The number of hydrogen-bond acceptors (Lipinski definition) is 5. The standard InChI is InChI=1S/C15H21N5O2S/c1-18(23(21,22)13-2-3-13)12-5-9-19(10-6-12)15-14-4-7-17-20(14)11-8-16-15/h4,7-8,11-13H,2-3,5-6,9-10H2,1H3. The molecule has 0 unspecified atom stereocenters. The molecule has 2 aromatic rings. The first-order valence-electron chi connectivity index (χ1n) is 8.07. The second-order valence-corrected chi connectivity index (χ2v) is 8.66. The van der Waals surface area contributed by atoms with E-state index in [1.165, 1.54) is 0 Å². The summed E-state index contributed by atoms with van der Waals surface area (Å²) >= 11 is 0. The lowest BCUT2D eigenvalue weighted by Crippen LogP contribution is -2.46. The first kappa shape index (κ1) is 14.9. The molecule has 124 valence electrons. The summed E-state index contributed by atoms with van der Waals surface area (Å²) < 4.78 is 28.2. The zero-order chi connectivity index (χ0) is 16.0. The van der Waals surface area contributed by atoms with Crippen LogP contribution in [0.3, 0.4) is 0 Å². The molecule has 0 atom stereocenters. The monoisotopic (exact) mass is 335 g/mol. The summed E-state index contributed by atoms with van der Waals surface area (Å²) in [7, 11) is -1.35. The van der Waals surface area contributed by atoms with E-state index in [9.17, 15) is 8.42 Å². The van der Waals surface area contributed by atoms with Crippen molar-refractivity contribution in [3.8, 4) is 0 Å². The van der Waals surface area contributed by atoms with Crippen molar-refractivity contribution in [2.75, 3.05) is 25.0 Å². The Morgan fingerprint density at radius 3 is 2.61 bits per heavy atom. The first-order valence-corrected chi connectivity index (χ1v) is 9.58. The number of anilines is 1. The van der Waals surface area contributed by atoms with Gasteiger partial charge in [-0.2, -0.15) is 5.10 Å². The van der Waals surface area contributed by atoms with E-state index < -0.39 is 10.0 Å². The highest BCUT2D eigenvalue weighted by Crippen LogP contribution is 2.33. The van der Waals surface area contributed by atoms with Crippen molar-refractivity contribution in [3.05, 3.63) is 24.7 Å². The van der Waals surface area contributed by atoms with Crippen LogP contribution >= 0.6 is 0 Å². The molecule has 1 aliphatic carbocycles. The lowest BCUT2D eigenvalue weighted by molar-refractivity contribution is 0.311. The predicted octanol–water partition coefficient (Wildman–Crippen LogP) is 1.12. The third kappa shape index (κ3) is 2.59. The van der Waals surface area contributed by atoms with Crippen LogP contribution in [0.1, 0.15) is 25.7 Å². The van der Waals surface area contributed by atoms with Crippen LogP contribution in [-0.2, 0) is 10.0 Å². The van der Waals surface area contributed by atoms with Crippen molar-refractivity contribution in [2.45, 2.75) is 37.0 Å². The van der Waals surface area contributed by atoms with Crippen LogP contribution in [0.2, 0.25) is 0 Å². The van der Waals surface area contributed by atoms with E-state index in [0.29, 0.717) is 0 Å². The van der Waals surface area contributed by atoms with Gasteiger partial charge in [0.05, 0.1) is 11.4 Å². The van der Waals surface area contributed by atoms with E-state index in [2.05, 4.69) is 15.0 Å². The number of piperidine rings is 1. The van der Waals surface area contributed by atoms with Crippen LogP contribution in [0.15, 0.2) is 24.7 Å². The molecule has 0 aromatic carbocycles. The van der Waals surface area contributed by atoms with Crippen LogP contribution in [0.5, 0.6) is 0 Å². The minimum Gasteiger partial charge on any atom is -0.355 e. The minimum atomic E-state index is -3.09. The van der Waals surface area contributed by atoms with Crippen LogP contribution in [0, 0.1) is 0 Å². The third-order valence-electron chi connectivity index (χ3n) is 4.93. The van der Waals surface area contributed by atoms with E-state index >= 15 is 0 Å². The zero-order valence-electron chi connectivity index (χ0n) is 13.2. The number of fused-ring (bicyclic) bond motifs is 1. The van der Waals surface area contributed by atoms with Gasteiger partial charge in [-0.1, -0.05) is 0 Å². The number of nitrogens with zero attached hydrogens (tertiary/aromatic N) is 5. The summed E-state index contributed by atoms with van der Waals surface area (Å²) in [4.78, 5) is 6.72. The SMILES string of the molecule is CN(C1CCN(c2nccn3nccc23)CC1)S(=O)(=O)C1CC1. The van der Waals surface area contributed by atoms with Gasteiger partial charge in [-0.05, 0) is 31.7 Å². The zero-order valence-corrected chi connectivity index (χ0v) is 14.0. The maximum absolute atomic E-state index is 12.4. The van der Waals surface area contributed by atoms with Gasteiger partial charge in [-0.3, -0.25) is 0 Å². The van der Waals surface area contributed by atoms with E-state index in [1.54, 1.807) is 23.7 Å². The van der Waals surface area contributed by atoms with Gasteiger partial charge < -0.3 is 4.90 Å². The molecule has 4 rings (SSSR count). The average molecular weight is 335 g/mol. The average Bonchev–Trinajstić information content (AvgIpc) is 3.32. The van der Waals surface area contributed by atoms with Crippen molar-refractivity contribution in [1.82, 2.24) is 18.9 Å². The van der Waals surface area contributed by atoms with E-state index in [0.717, 1.165) is 50.1 Å². The Hall–Kier alpha value is -1.67. The molecule has 0 bridgehead atoms. The van der Waals surface area contributed by atoms with Gasteiger partial charge in [0.2, 0.25) is 10.0 Å². The quantitative estimate of drug-likeness (QED) is 0.837. The number of rotatable bonds is 4. The van der Waals surface area contributed by atoms with Crippen LogP contribution in [0.25, 0.3) is 5.52 Å². The Kier molecular flexibility index (Phi) is 3.53. The molecule has 1 saturated carbocycles. The highest BCUT2D eigenvalue weighted by atomic mass is 32.2. The summed E-state index contributed by atoms with van der Waals surface area (Å²) in [5, 5.41) is 4.11. The molecule has 0 amide bonds. The summed E-state index contributed by atoms with van der Waals surface area (Å²) in [6, 6.07) is 2.06. The first-order chi connectivity index (χ1) is 11.1. The molecule has 3 heterocycles. The second-order valence-electron chi connectivity index (χ2n) is 6.39. The molecular weight excluding hydrogens is 314 g/mol. The Bertz CT molecular complexity index is 806. The summed E-state index contributed by atoms with van der Waals surface area (Å²) in [6.07, 6.45) is 8.66. The van der Waals surface area contributed by atoms with Gasteiger partial charge in [0, 0.05) is 38.6 Å². The third-order valence-corrected chi connectivity index (χ3v) is 7.34. The molecule has 2 aliphatic rings. The topological polar surface area (TPSA) is 70.8 Å². The molecule has 8 heteroatoms. The number of sulfonamides is 1. The normalized spacial score (nSPS) is 20.5. The molecule has 0 N–H and O–H groups in total. The number of aromatic nitrogens is 3. The van der Waals surface area contributed by atoms with Gasteiger partial charge in [-0.15, -0.1) is 0 Å². The summed E-state index contributed by atoms with van der Waals surface area (Å²) in [6.45, 7) is 1.63. The predicted molar refractivity (Wildman–Crippen MR) is 87.9 cm³/mol. The molecule has 2 aromatic heterocycles. The summed E-state index contributed by atoms with van der Waals surface area (Å²) in [5.74, 6) is 0.927. The van der Waals surface area contributed by atoms with Crippen molar-refractivity contribution in [1.29, 1.82) is 0 Å². The van der Waals surface area contributed by atoms with Crippen LogP contribution in [0.4, 0.5) is 5.82 Å². The second kappa shape index (κ2) is 5.45. The van der Waals surface area contributed by atoms with E-state index in [4.69, 9.17) is 0 Å². The van der Waals surface area contributed by atoms with Crippen LogP contribution < -0.4 is 4.90 Å². The van der Waals surface area contributed by atoms with Gasteiger partial charge in [-0.25, -0.2) is 22.2 Å². The molecule has 2 fully saturated rings. The minimum absolute atomic E-state index is 0.0986. The Morgan fingerprint density at radius 2 is 1.91 bits per heavy atom. The van der Waals surface area contributed by atoms with Crippen molar-refractivity contribution in [2.24, 2.45) is 0 Å². The lowest BCUT2D eigenvalue weighted by atomic mass is 10.1. The molecule has 7 nitrogen and oxygen atoms in total. The molecule has 0 radical (unpaired) electrons. The molecular formula is C15H21N5O2S. The van der Waals surface area contributed by atoms with E-state index in [-0.39, 0.29) is 11.3 Å². The van der Waals surface area contributed by atoms with E-state index in [1.807, 2.05) is 16.8 Å². The Balaban J connectivity index is 1.48. The Morgan fingerprint density at radius 1 is 1.17 bits per heavy atom. The van der Waals surface area contributed by atoms with Gasteiger partial charge in [0.15, 0.2) is 5.82 Å². The lowest BCUT2D eigenvalue weighted by Gasteiger charge is -2.36. The molecule has 1 aliphatic heterocycles. The maximum Gasteiger partial charge on any atom is 0.216 e. The fourth-order valence-corrected chi connectivity index (χ4v) is 5.17. The van der Waals surface area contributed by atoms with Gasteiger partial charge in [0.1, 0.15) is 5.52 Å². The Labute approximate surface area is 136 Å².